The molecule has 4 heteroatoms. The maximum Gasteiger partial charge on any atom is 0.165 e. The Kier molecular flexibility index (Phi) is 7.12. The summed E-state index contributed by atoms with van der Waals surface area (Å²) < 4.78 is 18.7. The molecule has 0 aliphatic heterocycles. The van der Waals surface area contributed by atoms with Crippen LogP contribution in [-0.2, 0) is 6.54 Å². The Morgan fingerprint density at radius 2 is 2.05 bits per heavy atom. The fourth-order valence-corrected chi connectivity index (χ4v) is 2.55. The topological polar surface area (TPSA) is 24.5 Å². The number of ether oxygens (including phenoxy) is 1. The monoisotopic (exact) mass is 296 g/mol. The van der Waals surface area contributed by atoms with Crippen LogP contribution in [0, 0.1) is 11.2 Å². The third kappa shape index (κ3) is 5.64. The lowest BCUT2D eigenvalue weighted by molar-refractivity contribution is 0.176. The molecule has 0 amide bonds. The lowest BCUT2D eigenvalue weighted by Crippen LogP contribution is -2.40. The molecular formula is C17H29FN2O. The van der Waals surface area contributed by atoms with Crippen molar-refractivity contribution in [1.29, 1.82) is 0 Å². The minimum atomic E-state index is -0.297. The quantitative estimate of drug-likeness (QED) is 0.757. The van der Waals surface area contributed by atoms with Gasteiger partial charge in [-0.1, -0.05) is 26.8 Å². The zero-order valence-corrected chi connectivity index (χ0v) is 14.0. The predicted octanol–water partition coefficient (Wildman–Crippen LogP) is 3.29. The summed E-state index contributed by atoms with van der Waals surface area (Å²) in [5, 5.41) is 3.43. The van der Waals surface area contributed by atoms with Crippen molar-refractivity contribution in [3.05, 3.63) is 29.6 Å². The SMILES string of the molecule is CCNCC(C)(CC)CN(C)Cc1ccc(OC)c(F)c1. The number of rotatable bonds is 9. The van der Waals surface area contributed by atoms with Gasteiger partial charge in [-0.2, -0.15) is 0 Å². The Balaban J connectivity index is 2.63. The van der Waals surface area contributed by atoms with Crippen LogP contribution >= 0.6 is 0 Å². The molecule has 1 rings (SSSR count). The van der Waals surface area contributed by atoms with E-state index in [1.807, 2.05) is 6.07 Å². The van der Waals surface area contributed by atoms with Gasteiger partial charge in [0, 0.05) is 19.6 Å². The highest BCUT2D eigenvalue weighted by atomic mass is 19.1. The van der Waals surface area contributed by atoms with Crippen molar-refractivity contribution >= 4 is 0 Å². The van der Waals surface area contributed by atoms with Gasteiger partial charge in [-0.25, -0.2) is 4.39 Å². The molecule has 0 heterocycles. The van der Waals surface area contributed by atoms with Gasteiger partial charge in [0.1, 0.15) is 0 Å². The molecule has 120 valence electrons. The summed E-state index contributed by atoms with van der Waals surface area (Å²) in [5.74, 6) is 0.00116. The lowest BCUT2D eigenvalue weighted by Gasteiger charge is -2.33. The molecule has 0 aliphatic rings. The molecule has 1 unspecified atom stereocenters. The van der Waals surface area contributed by atoms with E-state index in [0.29, 0.717) is 5.75 Å². The number of methoxy groups -OCH3 is 1. The van der Waals surface area contributed by atoms with E-state index in [2.05, 4.69) is 38.0 Å². The normalized spacial score (nSPS) is 14.2. The molecule has 1 N–H and O–H groups in total. The van der Waals surface area contributed by atoms with E-state index >= 15 is 0 Å². The molecule has 0 radical (unpaired) electrons. The Bertz CT molecular complexity index is 439. The smallest absolute Gasteiger partial charge is 0.165 e. The highest BCUT2D eigenvalue weighted by molar-refractivity contribution is 5.29. The van der Waals surface area contributed by atoms with Gasteiger partial charge in [0.05, 0.1) is 7.11 Å². The summed E-state index contributed by atoms with van der Waals surface area (Å²) in [6.45, 7) is 10.3. The van der Waals surface area contributed by atoms with Crippen LogP contribution in [-0.4, -0.2) is 38.7 Å². The molecule has 21 heavy (non-hydrogen) atoms. The third-order valence-electron chi connectivity index (χ3n) is 3.98. The predicted molar refractivity (Wildman–Crippen MR) is 86.2 cm³/mol. The summed E-state index contributed by atoms with van der Waals surface area (Å²) in [6, 6.07) is 5.17. The third-order valence-corrected chi connectivity index (χ3v) is 3.98. The van der Waals surface area contributed by atoms with Crippen molar-refractivity contribution < 1.29 is 9.13 Å². The van der Waals surface area contributed by atoms with Crippen LogP contribution in [0.2, 0.25) is 0 Å². The number of benzene rings is 1. The van der Waals surface area contributed by atoms with Crippen LogP contribution in [0.15, 0.2) is 18.2 Å². The summed E-state index contributed by atoms with van der Waals surface area (Å²) >= 11 is 0. The Morgan fingerprint density at radius 1 is 1.33 bits per heavy atom. The fourth-order valence-electron chi connectivity index (χ4n) is 2.55. The van der Waals surface area contributed by atoms with Crippen LogP contribution in [0.1, 0.15) is 32.8 Å². The molecule has 0 fully saturated rings. The zero-order valence-electron chi connectivity index (χ0n) is 14.0. The number of nitrogens with zero attached hydrogens (tertiary/aromatic N) is 1. The van der Waals surface area contributed by atoms with Gasteiger partial charge in [0.15, 0.2) is 11.6 Å². The first-order valence-electron chi connectivity index (χ1n) is 7.65. The van der Waals surface area contributed by atoms with E-state index in [9.17, 15) is 4.39 Å². The zero-order chi connectivity index (χ0) is 15.9. The number of nitrogens with one attached hydrogen (secondary N) is 1. The summed E-state index contributed by atoms with van der Waals surface area (Å²) in [5.41, 5.74) is 1.20. The molecule has 0 saturated carbocycles. The van der Waals surface area contributed by atoms with Crippen LogP contribution in [0.5, 0.6) is 5.75 Å². The molecular weight excluding hydrogens is 267 g/mol. The Hall–Kier alpha value is -1.13. The standard InChI is InChI=1S/C17H29FN2O/c1-6-17(3,12-19-7-2)13-20(4)11-14-8-9-16(21-5)15(18)10-14/h8-10,19H,6-7,11-13H2,1-5H3. The van der Waals surface area contributed by atoms with Crippen LogP contribution < -0.4 is 10.1 Å². The molecule has 3 nitrogen and oxygen atoms in total. The first kappa shape index (κ1) is 17.9. The van der Waals surface area contributed by atoms with E-state index in [1.54, 1.807) is 12.1 Å². The van der Waals surface area contributed by atoms with Gasteiger partial charge in [-0.05, 0) is 43.1 Å². The van der Waals surface area contributed by atoms with Gasteiger partial charge in [-0.3, -0.25) is 0 Å². The second kappa shape index (κ2) is 8.35. The average molecular weight is 296 g/mol. The lowest BCUT2D eigenvalue weighted by atomic mass is 9.86. The maximum atomic E-state index is 13.7. The second-order valence-electron chi connectivity index (χ2n) is 6.09. The van der Waals surface area contributed by atoms with Crippen molar-refractivity contribution in [2.45, 2.75) is 33.7 Å². The molecule has 0 aliphatic carbocycles. The minimum absolute atomic E-state index is 0.232. The van der Waals surface area contributed by atoms with Gasteiger partial charge in [-0.15, -0.1) is 0 Å². The van der Waals surface area contributed by atoms with Gasteiger partial charge >= 0.3 is 0 Å². The summed E-state index contributed by atoms with van der Waals surface area (Å²) in [6.07, 6.45) is 1.11. The average Bonchev–Trinajstić information content (AvgIpc) is 2.45. The number of hydrogen-bond acceptors (Lipinski definition) is 3. The Labute approximate surface area is 128 Å². The molecule has 0 saturated heterocycles. The van der Waals surface area contributed by atoms with Crippen LogP contribution in [0.3, 0.4) is 0 Å². The van der Waals surface area contributed by atoms with Crippen molar-refractivity contribution in [2.75, 3.05) is 33.8 Å². The largest absolute Gasteiger partial charge is 0.494 e. The van der Waals surface area contributed by atoms with Crippen molar-refractivity contribution in [1.82, 2.24) is 10.2 Å². The molecule has 0 aromatic heterocycles. The molecule has 1 aromatic rings. The van der Waals surface area contributed by atoms with Crippen LogP contribution in [0.25, 0.3) is 0 Å². The molecule has 0 spiro atoms. The van der Waals surface area contributed by atoms with Gasteiger partial charge in [0.25, 0.3) is 0 Å². The van der Waals surface area contributed by atoms with Crippen molar-refractivity contribution in [2.24, 2.45) is 5.41 Å². The van der Waals surface area contributed by atoms with Crippen LogP contribution in [0.4, 0.5) is 4.39 Å². The second-order valence-corrected chi connectivity index (χ2v) is 6.09. The van der Waals surface area contributed by atoms with E-state index in [4.69, 9.17) is 4.74 Å². The van der Waals surface area contributed by atoms with Gasteiger partial charge in [0.2, 0.25) is 0 Å². The number of halogens is 1. The maximum absolute atomic E-state index is 13.7. The summed E-state index contributed by atoms with van der Waals surface area (Å²) in [7, 11) is 3.57. The van der Waals surface area contributed by atoms with E-state index in [1.165, 1.54) is 7.11 Å². The van der Waals surface area contributed by atoms with Gasteiger partial charge < -0.3 is 15.0 Å². The molecule has 0 bridgehead atoms. The fraction of sp³-hybridized carbons (Fsp3) is 0.647. The first-order chi connectivity index (χ1) is 9.94. The molecule has 1 atom stereocenters. The number of hydrogen-bond donors (Lipinski definition) is 1. The van der Waals surface area contributed by atoms with Crippen molar-refractivity contribution in [3.8, 4) is 5.75 Å². The highest BCUT2D eigenvalue weighted by Crippen LogP contribution is 2.23. The molecule has 1 aromatic carbocycles. The van der Waals surface area contributed by atoms with E-state index < -0.39 is 0 Å². The first-order valence-corrected chi connectivity index (χ1v) is 7.65. The highest BCUT2D eigenvalue weighted by Gasteiger charge is 2.23. The van der Waals surface area contributed by atoms with E-state index in [-0.39, 0.29) is 11.2 Å². The van der Waals surface area contributed by atoms with E-state index in [0.717, 1.165) is 38.2 Å². The Morgan fingerprint density at radius 3 is 2.57 bits per heavy atom. The van der Waals surface area contributed by atoms with Crippen molar-refractivity contribution in [3.63, 3.8) is 0 Å². The minimum Gasteiger partial charge on any atom is -0.494 e. The summed E-state index contributed by atoms with van der Waals surface area (Å²) in [4.78, 5) is 2.25.